The van der Waals surface area contributed by atoms with Gasteiger partial charge in [0, 0.05) is 11.4 Å². The van der Waals surface area contributed by atoms with Gasteiger partial charge in [0.1, 0.15) is 29.2 Å². The molecule has 0 aliphatic heterocycles. The van der Waals surface area contributed by atoms with Crippen LogP contribution in [0.15, 0.2) is 73.1 Å². The molecule has 1 aromatic heterocycles. The van der Waals surface area contributed by atoms with Crippen LogP contribution in [-0.2, 0) is 6.42 Å². The van der Waals surface area contributed by atoms with Gasteiger partial charge in [-0.05, 0) is 54.1 Å². The molecule has 0 fully saturated rings. The number of hydrogen-bond acceptors (Lipinski definition) is 4. The van der Waals surface area contributed by atoms with Crippen molar-refractivity contribution in [1.29, 1.82) is 0 Å². The fourth-order valence-electron chi connectivity index (χ4n) is 2.81. The maximum atomic E-state index is 13.8. The van der Waals surface area contributed by atoms with Gasteiger partial charge in [0.05, 0.1) is 12.0 Å². The molecule has 6 heteroatoms. The lowest BCUT2D eigenvalue weighted by atomic mass is 10.1. The summed E-state index contributed by atoms with van der Waals surface area (Å²) in [4.78, 5) is 8.10. The highest BCUT2D eigenvalue weighted by molar-refractivity contribution is 6.30. The van der Waals surface area contributed by atoms with Crippen LogP contribution in [0.4, 0.5) is 4.39 Å². The van der Waals surface area contributed by atoms with Gasteiger partial charge in [-0.15, -0.1) is 0 Å². The summed E-state index contributed by atoms with van der Waals surface area (Å²) in [6, 6.07) is 19.7. The van der Waals surface area contributed by atoms with Crippen molar-refractivity contribution >= 4 is 22.5 Å². The summed E-state index contributed by atoms with van der Waals surface area (Å²) >= 11 is 5.89. The van der Waals surface area contributed by atoms with Crippen molar-refractivity contribution < 1.29 is 13.9 Å². The Bertz CT molecular complexity index is 1100. The van der Waals surface area contributed by atoms with E-state index in [2.05, 4.69) is 9.97 Å². The molecule has 0 spiro atoms. The molecular weight excluding hydrogens is 379 g/mol. The third-order valence-corrected chi connectivity index (χ3v) is 4.41. The van der Waals surface area contributed by atoms with E-state index in [1.54, 1.807) is 24.3 Å². The molecule has 28 heavy (non-hydrogen) atoms. The molecule has 0 aliphatic carbocycles. The van der Waals surface area contributed by atoms with Crippen LogP contribution < -0.4 is 9.47 Å². The van der Waals surface area contributed by atoms with Crippen LogP contribution in [0.1, 0.15) is 5.56 Å². The van der Waals surface area contributed by atoms with Crippen molar-refractivity contribution in [3.63, 3.8) is 0 Å². The summed E-state index contributed by atoms with van der Waals surface area (Å²) in [5.41, 5.74) is 1.31. The molecule has 0 aliphatic rings. The van der Waals surface area contributed by atoms with E-state index in [9.17, 15) is 4.39 Å². The zero-order valence-electron chi connectivity index (χ0n) is 14.8. The molecule has 0 radical (unpaired) electrons. The molecule has 0 bridgehead atoms. The summed E-state index contributed by atoms with van der Waals surface area (Å²) in [6.07, 6.45) is 1.96. The average Bonchev–Trinajstić information content (AvgIpc) is 2.71. The predicted molar refractivity (Wildman–Crippen MR) is 107 cm³/mol. The van der Waals surface area contributed by atoms with E-state index < -0.39 is 5.82 Å². The lowest BCUT2D eigenvalue weighted by Crippen LogP contribution is -2.04. The van der Waals surface area contributed by atoms with Crippen LogP contribution in [0.5, 0.6) is 17.4 Å². The van der Waals surface area contributed by atoms with Gasteiger partial charge in [-0.25, -0.2) is 14.4 Å². The number of aromatic nitrogens is 2. The van der Waals surface area contributed by atoms with E-state index >= 15 is 0 Å². The van der Waals surface area contributed by atoms with Crippen LogP contribution in [0.2, 0.25) is 5.02 Å². The molecule has 4 nitrogen and oxygen atoms in total. The summed E-state index contributed by atoms with van der Waals surface area (Å²) in [7, 11) is 0. The molecule has 0 saturated carbocycles. The number of para-hydroxylation sites is 1. The maximum Gasteiger partial charge on any atom is 0.224 e. The number of ether oxygens (including phenoxy) is 2. The summed E-state index contributed by atoms with van der Waals surface area (Å²) in [5, 5.41) is 1.22. The van der Waals surface area contributed by atoms with Gasteiger partial charge < -0.3 is 9.47 Å². The Hall–Kier alpha value is -3.18. The minimum atomic E-state index is -0.392. The van der Waals surface area contributed by atoms with Crippen molar-refractivity contribution in [1.82, 2.24) is 9.97 Å². The molecular formula is C22H16ClFN2O2. The van der Waals surface area contributed by atoms with E-state index in [1.165, 1.54) is 12.4 Å². The largest absolute Gasteiger partial charge is 0.477 e. The third kappa shape index (κ3) is 4.21. The molecule has 0 saturated heterocycles. The predicted octanol–water partition coefficient (Wildman–Crippen LogP) is 5.84. The fourth-order valence-corrected chi connectivity index (χ4v) is 2.94. The van der Waals surface area contributed by atoms with Gasteiger partial charge in [0.15, 0.2) is 0 Å². The van der Waals surface area contributed by atoms with E-state index in [-0.39, 0.29) is 5.52 Å². The highest BCUT2D eigenvalue weighted by atomic mass is 35.5. The van der Waals surface area contributed by atoms with Crippen LogP contribution in [0.3, 0.4) is 0 Å². The normalized spacial score (nSPS) is 10.8. The second kappa shape index (κ2) is 8.23. The fraction of sp³-hybridized carbons (Fsp3) is 0.0909. The van der Waals surface area contributed by atoms with Crippen molar-refractivity contribution in [2.24, 2.45) is 0 Å². The van der Waals surface area contributed by atoms with Crippen LogP contribution in [-0.4, -0.2) is 16.6 Å². The topological polar surface area (TPSA) is 44.2 Å². The monoisotopic (exact) mass is 394 g/mol. The first-order chi connectivity index (χ1) is 13.7. The first-order valence-corrected chi connectivity index (χ1v) is 9.11. The van der Waals surface area contributed by atoms with E-state index in [1.807, 2.05) is 36.4 Å². The Morgan fingerprint density at radius 2 is 1.71 bits per heavy atom. The molecule has 4 aromatic rings. The highest BCUT2D eigenvalue weighted by Gasteiger charge is 2.08. The SMILES string of the molecule is Fc1cccc2c(OCCc3cccc(Oc4ccc(Cl)cc4)c3)ncnc12. The second-order valence-electron chi connectivity index (χ2n) is 6.12. The van der Waals surface area contributed by atoms with Gasteiger partial charge in [-0.2, -0.15) is 0 Å². The minimum Gasteiger partial charge on any atom is -0.477 e. The molecule has 4 rings (SSSR count). The number of halogens is 2. The standard InChI is InChI=1S/C22H16ClFN2O2/c23-16-7-9-17(10-8-16)28-18-4-1-3-15(13-18)11-12-27-22-19-5-2-6-20(24)21(19)25-14-26-22/h1-10,13-14H,11-12H2. The average molecular weight is 395 g/mol. The van der Waals surface area contributed by atoms with Crippen molar-refractivity contribution in [3.8, 4) is 17.4 Å². The zero-order valence-corrected chi connectivity index (χ0v) is 15.6. The smallest absolute Gasteiger partial charge is 0.224 e. The molecule has 0 N–H and O–H groups in total. The quantitative estimate of drug-likeness (QED) is 0.412. The Kier molecular flexibility index (Phi) is 5.35. The third-order valence-electron chi connectivity index (χ3n) is 4.16. The molecule has 0 unspecified atom stereocenters. The lowest BCUT2D eigenvalue weighted by molar-refractivity contribution is 0.313. The molecule has 0 atom stereocenters. The zero-order chi connectivity index (χ0) is 19.3. The van der Waals surface area contributed by atoms with Gasteiger partial charge in [0.25, 0.3) is 0 Å². The van der Waals surface area contributed by atoms with Gasteiger partial charge in [-0.3, -0.25) is 0 Å². The summed E-state index contributed by atoms with van der Waals surface area (Å²) in [5.74, 6) is 1.43. The maximum absolute atomic E-state index is 13.8. The molecule has 140 valence electrons. The van der Waals surface area contributed by atoms with E-state index in [4.69, 9.17) is 21.1 Å². The van der Waals surface area contributed by atoms with E-state index in [0.717, 1.165) is 11.3 Å². The van der Waals surface area contributed by atoms with Crippen molar-refractivity contribution in [3.05, 3.63) is 89.5 Å². The van der Waals surface area contributed by atoms with Crippen LogP contribution in [0, 0.1) is 5.82 Å². The molecule has 3 aromatic carbocycles. The van der Waals surface area contributed by atoms with Gasteiger partial charge in [0.2, 0.25) is 5.88 Å². The molecule has 0 amide bonds. The Labute approximate surface area is 166 Å². The summed E-state index contributed by atoms with van der Waals surface area (Å²) in [6.45, 7) is 0.396. The van der Waals surface area contributed by atoms with Gasteiger partial charge >= 0.3 is 0 Å². The van der Waals surface area contributed by atoms with Crippen LogP contribution in [0.25, 0.3) is 10.9 Å². The number of nitrogens with zero attached hydrogens (tertiary/aromatic N) is 2. The Morgan fingerprint density at radius 3 is 2.57 bits per heavy atom. The number of benzene rings is 3. The number of rotatable bonds is 6. The van der Waals surface area contributed by atoms with Crippen molar-refractivity contribution in [2.75, 3.05) is 6.61 Å². The first kappa shape index (κ1) is 18.2. The Balaban J connectivity index is 1.42. The Morgan fingerprint density at radius 1 is 0.893 bits per heavy atom. The van der Waals surface area contributed by atoms with Crippen molar-refractivity contribution in [2.45, 2.75) is 6.42 Å². The first-order valence-electron chi connectivity index (χ1n) is 8.73. The minimum absolute atomic E-state index is 0.255. The highest BCUT2D eigenvalue weighted by Crippen LogP contribution is 2.25. The second-order valence-corrected chi connectivity index (χ2v) is 6.55. The van der Waals surface area contributed by atoms with E-state index in [0.29, 0.717) is 35.1 Å². The lowest BCUT2D eigenvalue weighted by Gasteiger charge is -2.10. The number of hydrogen-bond donors (Lipinski definition) is 0. The van der Waals surface area contributed by atoms with Gasteiger partial charge in [-0.1, -0.05) is 29.8 Å². The summed E-state index contributed by atoms with van der Waals surface area (Å²) < 4.78 is 25.5. The number of fused-ring (bicyclic) bond motifs is 1. The molecule has 1 heterocycles. The van der Waals surface area contributed by atoms with Crippen LogP contribution >= 0.6 is 11.6 Å².